The summed E-state index contributed by atoms with van der Waals surface area (Å²) < 4.78 is 23.0. The van der Waals surface area contributed by atoms with Gasteiger partial charge in [-0.05, 0) is 83.4 Å². The second kappa shape index (κ2) is 13.3. The van der Waals surface area contributed by atoms with Gasteiger partial charge in [0.1, 0.15) is 6.61 Å². The highest BCUT2D eigenvalue weighted by Crippen LogP contribution is 2.37. The number of carbonyl (C=O) groups is 1. The van der Waals surface area contributed by atoms with Gasteiger partial charge in [0, 0.05) is 17.7 Å². The number of nitrogens with zero attached hydrogens (tertiary/aromatic N) is 2. The Kier molecular flexibility index (Phi) is 9.84. The molecule has 0 unspecified atom stereocenters. The average molecular weight is 572 g/mol. The summed E-state index contributed by atoms with van der Waals surface area (Å²) in [4.78, 5) is 22.9. The molecular formula is C26H26BrN3O7. The summed E-state index contributed by atoms with van der Waals surface area (Å²) in [5.74, 6) is 1.54. The molecule has 0 atom stereocenters. The average Bonchev–Trinajstić information content (AvgIpc) is 2.89. The van der Waals surface area contributed by atoms with Crippen molar-refractivity contribution in [2.45, 2.75) is 20.5 Å². The minimum Gasteiger partial charge on any atom is -0.493 e. The number of rotatable bonds is 12. The van der Waals surface area contributed by atoms with Crippen LogP contribution in [0.5, 0.6) is 23.0 Å². The molecular weight excluding hydrogens is 546 g/mol. The molecule has 0 spiro atoms. The molecule has 0 saturated carbocycles. The fraction of sp³-hybridized carbons (Fsp3) is 0.231. The predicted molar refractivity (Wildman–Crippen MR) is 142 cm³/mol. The van der Waals surface area contributed by atoms with Crippen LogP contribution in [0.25, 0.3) is 0 Å². The quantitative estimate of drug-likeness (QED) is 0.173. The summed E-state index contributed by atoms with van der Waals surface area (Å²) >= 11 is 3.47. The van der Waals surface area contributed by atoms with E-state index < -0.39 is 10.8 Å². The number of carbonyl (C=O) groups excluding carboxylic acids is 1. The molecule has 3 rings (SSSR count). The van der Waals surface area contributed by atoms with Crippen molar-refractivity contribution in [3.8, 4) is 23.0 Å². The molecule has 37 heavy (non-hydrogen) atoms. The molecule has 0 heterocycles. The molecule has 194 valence electrons. The normalized spacial score (nSPS) is 10.7. The van der Waals surface area contributed by atoms with E-state index in [2.05, 4.69) is 26.5 Å². The number of hydrogen-bond acceptors (Lipinski definition) is 8. The zero-order valence-corrected chi connectivity index (χ0v) is 22.1. The summed E-state index contributed by atoms with van der Waals surface area (Å²) in [5.41, 5.74) is 4.29. The summed E-state index contributed by atoms with van der Waals surface area (Å²) in [6, 6.07) is 14.5. The maximum atomic E-state index is 12.6. The monoisotopic (exact) mass is 571 g/mol. The predicted octanol–water partition coefficient (Wildman–Crippen LogP) is 5.51. The Balaban J connectivity index is 1.67. The number of benzene rings is 3. The third-order valence-electron chi connectivity index (χ3n) is 4.97. The number of halogens is 1. The van der Waals surface area contributed by atoms with Crippen molar-refractivity contribution in [1.29, 1.82) is 0 Å². The zero-order valence-electron chi connectivity index (χ0n) is 20.5. The van der Waals surface area contributed by atoms with E-state index in [0.717, 1.165) is 5.56 Å². The molecule has 1 amide bonds. The van der Waals surface area contributed by atoms with Gasteiger partial charge in [-0.15, -0.1) is 0 Å². The fourth-order valence-electron chi connectivity index (χ4n) is 3.25. The molecule has 0 fully saturated rings. The van der Waals surface area contributed by atoms with Gasteiger partial charge >= 0.3 is 0 Å². The van der Waals surface area contributed by atoms with Crippen LogP contribution in [0.2, 0.25) is 0 Å². The van der Waals surface area contributed by atoms with Gasteiger partial charge in [-0.2, -0.15) is 5.10 Å². The van der Waals surface area contributed by atoms with E-state index in [1.165, 1.54) is 25.5 Å². The third kappa shape index (κ3) is 7.43. The van der Waals surface area contributed by atoms with E-state index >= 15 is 0 Å². The molecule has 0 aliphatic heterocycles. The maximum absolute atomic E-state index is 12.6. The van der Waals surface area contributed by atoms with Crippen LogP contribution >= 0.6 is 15.9 Å². The molecule has 11 heteroatoms. The minimum atomic E-state index is -0.455. The lowest BCUT2D eigenvalue weighted by atomic mass is 10.2. The zero-order chi connectivity index (χ0) is 26.8. The van der Waals surface area contributed by atoms with Gasteiger partial charge in [0.25, 0.3) is 11.6 Å². The van der Waals surface area contributed by atoms with Crippen LogP contribution in [-0.2, 0) is 6.61 Å². The second-order valence-corrected chi connectivity index (χ2v) is 8.33. The SMILES string of the molecule is CCOc1ccc(C(=O)N/N=C/c2cc(Br)c(OCc3ccc([N+](=O)[O-])cc3)c(OC)c2)cc1OCC. The third-order valence-corrected chi connectivity index (χ3v) is 5.56. The van der Waals surface area contributed by atoms with E-state index in [-0.39, 0.29) is 12.3 Å². The summed E-state index contributed by atoms with van der Waals surface area (Å²) in [5, 5.41) is 14.9. The first-order valence-electron chi connectivity index (χ1n) is 11.3. The van der Waals surface area contributed by atoms with E-state index in [0.29, 0.717) is 51.8 Å². The number of non-ortho nitro benzene ring substituents is 1. The highest BCUT2D eigenvalue weighted by molar-refractivity contribution is 9.10. The van der Waals surface area contributed by atoms with Crippen LogP contribution in [0, 0.1) is 10.1 Å². The van der Waals surface area contributed by atoms with Crippen LogP contribution in [0.4, 0.5) is 5.69 Å². The number of ether oxygens (including phenoxy) is 4. The van der Waals surface area contributed by atoms with Crippen LogP contribution in [-0.4, -0.2) is 37.4 Å². The molecule has 3 aromatic carbocycles. The standard InChI is InChI=1S/C26H26BrN3O7/c1-4-35-22-11-8-19(14-23(22)36-5-2)26(31)29-28-15-18-12-21(27)25(24(13-18)34-3)37-16-17-6-9-20(10-7-17)30(32)33/h6-15H,4-5,16H2,1-3H3,(H,29,31)/b28-15+. The topological polar surface area (TPSA) is 122 Å². The Labute approximate surface area is 222 Å². The Bertz CT molecular complexity index is 1280. The van der Waals surface area contributed by atoms with Gasteiger partial charge in [0.05, 0.1) is 35.9 Å². The molecule has 0 radical (unpaired) electrons. The smallest absolute Gasteiger partial charge is 0.271 e. The van der Waals surface area contributed by atoms with Crippen molar-refractivity contribution >= 4 is 33.7 Å². The molecule has 0 aromatic heterocycles. The summed E-state index contributed by atoms with van der Waals surface area (Å²) in [6.45, 7) is 4.83. The first-order chi connectivity index (χ1) is 17.9. The van der Waals surface area contributed by atoms with Crippen LogP contribution in [0.15, 0.2) is 64.2 Å². The second-order valence-electron chi connectivity index (χ2n) is 7.47. The van der Waals surface area contributed by atoms with Gasteiger partial charge in [0.2, 0.25) is 0 Å². The lowest BCUT2D eigenvalue weighted by Crippen LogP contribution is -2.17. The minimum absolute atomic E-state index is 0.00972. The van der Waals surface area contributed by atoms with E-state index in [4.69, 9.17) is 18.9 Å². The maximum Gasteiger partial charge on any atom is 0.271 e. The Morgan fingerprint density at radius 2 is 1.70 bits per heavy atom. The number of nitrogens with one attached hydrogen (secondary N) is 1. The number of nitro benzene ring substituents is 1. The van der Waals surface area contributed by atoms with Gasteiger partial charge < -0.3 is 18.9 Å². The summed E-state index contributed by atoms with van der Waals surface area (Å²) in [6.07, 6.45) is 1.48. The van der Waals surface area contributed by atoms with Crippen molar-refractivity contribution < 1.29 is 28.7 Å². The van der Waals surface area contributed by atoms with Crippen molar-refractivity contribution in [2.24, 2.45) is 5.10 Å². The van der Waals surface area contributed by atoms with Crippen LogP contribution in [0.1, 0.15) is 35.3 Å². The van der Waals surface area contributed by atoms with E-state index in [1.807, 2.05) is 13.8 Å². The van der Waals surface area contributed by atoms with E-state index in [1.54, 1.807) is 42.5 Å². The molecule has 3 aromatic rings. The molecule has 0 saturated heterocycles. The lowest BCUT2D eigenvalue weighted by Gasteiger charge is -2.13. The molecule has 0 bridgehead atoms. The fourth-order valence-corrected chi connectivity index (χ4v) is 3.82. The lowest BCUT2D eigenvalue weighted by molar-refractivity contribution is -0.384. The van der Waals surface area contributed by atoms with Gasteiger partial charge in [0.15, 0.2) is 23.0 Å². The number of nitro groups is 1. The van der Waals surface area contributed by atoms with Crippen molar-refractivity contribution in [3.63, 3.8) is 0 Å². The highest BCUT2D eigenvalue weighted by atomic mass is 79.9. The van der Waals surface area contributed by atoms with Crippen molar-refractivity contribution in [1.82, 2.24) is 5.43 Å². The number of amides is 1. The molecule has 0 aliphatic carbocycles. The van der Waals surface area contributed by atoms with Gasteiger partial charge in [-0.25, -0.2) is 5.43 Å². The Hall–Kier alpha value is -4.12. The first-order valence-corrected chi connectivity index (χ1v) is 12.1. The van der Waals surface area contributed by atoms with Gasteiger partial charge in [-0.3, -0.25) is 14.9 Å². The molecule has 1 N–H and O–H groups in total. The van der Waals surface area contributed by atoms with Crippen LogP contribution in [0.3, 0.4) is 0 Å². The largest absolute Gasteiger partial charge is 0.493 e. The molecule has 10 nitrogen and oxygen atoms in total. The van der Waals surface area contributed by atoms with Crippen molar-refractivity contribution in [3.05, 3.63) is 85.9 Å². The Morgan fingerprint density at radius 1 is 1.00 bits per heavy atom. The number of hydrazone groups is 1. The summed E-state index contributed by atoms with van der Waals surface area (Å²) in [7, 11) is 1.51. The van der Waals surface area contributed by atoms with E-state index in [9.17, 15) is 14.9 Å². The van der Waals surface area contributed by atoms with Crippen LogP contribution < -0.4 is 24.4 Å². The number of hydrogen-bond donors (Lipinski definition) is 1. The Morgan fingerprint density at radius 3 is 2.35 bits per heavy atom. The van der Waals surface area contributed by atoms with Crippen molar-refractivity contribution in [2.75, 3.05) is 20.3 Å². The first kappa shape index (κ1) is 27.5. The highest BCUT2D eigenvalue weighted by Gasteiger charge is 2.14. The van der Waals surface area contributed by atoms with Gasteiger partial charge in [-0.1, -0.05) is 0 Å². The molecule has 0 aliphatic rings. The number of methoxy groups -OCH3 is 1.